The minimum atomic E-state index is -0.287. The smallest absolute Gasteiger partial charge is 0.253 e. The number of hydrogen-bond acceptors (Lipinski definition) is 4. The maximum atomic E-state index is 12.7. The molecule has 3 aromatic rings. The van der Waals surface area contributed by atoms with Gasteiger partial charge in [0.2, 0.25) is 5.91 Å². The van der Waals surface area contributed by atoms with Gasteiger partial charge in [0.25, 0.3) is 5.91 Å². The van der Waals surface area contributed by atoms with Crippen LogP contribution in [-0.4, -0.2) is 56.3 Å². The Kier molecular flexibility index (Phi) is 3.92. The van der Waals surface area contributed by atoms with E-state index in [2.05, 4.69) is 20.6 Å². The second-order valence-electron chi connectivity index (χ2n) is 7.81. The fourth-order valence-electron chi connectivity index (χ4n) is 4.09. The number of likely N-dealkylation sites (tertiary alicyclic amines) is 1. The number of fused-ring (bicyclic) bond motifs is 1. The molecule has 2 aromatic heterocycles. The molecule has 1 saturated heterocycles. The number of piperidine rings is 1. The maximum absolute atomic E-state index is 12.7. The van der Waals surface area contributed by atoms with E-state index in [0.29, 0.717) is 16.5 Å². The van der Waals surface area contributed by atoms with Gasteiger partial charge in [-0.2, -0.15) is 10.2 Å². The Morgan fingerprint density at radius 3 is 2.71 bits per heavy atom. The first-order valence-corrected chi connectivity index (χ1v) is 9.67. The number of aromatic nitrogens is 4. The Balaban J connectivity index is 1.28. The van der Waals surface area contributed by atoms with Crippen LogP contribution in [0.4, 0.5) is 0 Å². The predicted octanol–water partition coefficient (Wildman–Crippen LogP) is 1.88. The van der Waals surface area contributed by atoms with E-state index >= 15 is 0 Å². The summed E-state index contributed by atoms with van der Waals surface area (Å²) >= 11 is 0. The van der Waals surface area contributed by atoms with Gasteiger partial charge in [0, 0.05) is 30.9 Å². The van der Waals surface area contributed by atoms with Crippen LogP contribution in [0.15, 0.2) is 36.8 Å². The monoisotopic (exact) mass is 378 g/mol. The third-order valence-electron chi connectivity index (χ3n) is 6.12. The number of aromatic amines is 1. The molecule has 0 radical (unpaired) electrons. The van der Waals surface area contributed by atoms with Gasteiger partial charge >= 0.3 is 0 Å². The minimum absolute atomic E-state index is 0.0159. The zero-order valence-electron chi connectivity index (χ0n) is 15.5. The van der Waals surface area contributed by atoms with Crippen LogP contribution in [-0.2, 0) is 4.79 Å². The summed E-state index contributed by atoms with van der Waals surface area (Å²) in [5, 5.41) is 14.8. The summed E-state index contributed by atoms with van der Waals surface area (Å²) in [7, 11) is 0. The van der Waals surface area contributed by atoms with Crippen molar-refractivity contribution in [3.05, 3.63) is 42.4 Å². The highest BCUT2D eigenvalue weighted by atomic mass is 16.2. The fourth-order valence-corrected chi connectivity index (χ4v) is 4.09. The first kappa shape index (κ1) is 17.0. The Bertz CT molecular complexity index is 1020. The molecule has 1 aliphatic carbocycles. The van der Waals surface area contributed by atoms with Crippen molar-refractivity contribution in [1.82, 2.24) is 30.2 Å². The van der Waals surface area contributed by atoms with Crippen molar-refractivity contribution >= 4 is 22.7 Å². The van der Waals surface area contributed by atoms with Crippen molar-refractivity contribution in [2.24, 2.45) is 5.41 Å². The maximum Gasteiger partial charge on any atom is 0.253 e. The van der Waals surface area contributed by atoms with Gasteiger partial charge in [-0.15, -0.1) is 0 Å². The van der Waals surface area contributed by atoms with Gasteiger partial charge in [0.05, 0.1) is 29.5 Å². The Labute approximate surface area is 161 Å². The molecule has 1 saturated carbocycles. The highest BCUT2D eigenvalue weighted by molar-refractivity contribution is 6.08. The van der Waals surface area contributed by atoms with Gasteiger partial charge < -0.3 is 10.2 Å². The topological polar surface area (TPSA) is 95.9 Å². The molecule has 144 valence electrons. The van der Waals surface area contributed by atoms with Crippen LogP contribution < -0.4 is 5.32 Å². The molecule has 2 amide bonds. The lowest BCUT2D eigenvalue weighted by atomic mass is 9.94. The lowest BCUT2D eigenvalue weighted by molar-refractivity contribution is -0.131. The fraction of sp³-hybridized carbons (Fsp3) is 0.400. The molecule has 1 aromatic carbocycles. The average Bonchev–Trinajstić information content (AvgIpc) is 3.14. The van der Waals surface area contributed by atoms with Crippen LogP contribution in [0.5, 0.6) is 0 Å². The molecule has 2 fully saturated rings. The standard InChI is InChI=1S/C20H22N6O2/c27-17(25-10-6-20(4-5-20)7-11-25)13-21-19(28)14-2-3-16(26-9-1-8-23-26)15-12-22-24-18(14)15/h1-3,8-9,12H,4-7,10-11,13H2,(H,21,28)(H,22,24). The van der Waals surface area contributed by atoms with E-state index in [4.69, 9.17) is 0 Å². The normalized spacial score (nSPS) is 17.8. The highest BCUT2D eigenvalue weighted by Crippen LogP contribution is 2.53. The van der Waals surface area contributed by atoms with Crippen molar-refractivity contribution in [3.8, 4) is 5.69 Å². The van der Waals surface area contributed by atoms with Gasteiger partial charge in [0.15, 0.2) is 0 Å². The van der Waals surface area contributed by atoms with Gasteiger partial charge in [0.1, 0.15) is 0 Å². The quantitative estimate of drug-likeness (QED) is 0.725. The summed E-state index contributed by atoms with van der Waals surface area (Å²) in [6, 6.07) is 5.40. The molecule has 0 bridgehead atoms. The van der Waals surface area contributed by atoms with Crippen LogP contribution in [0, 0.1) is 5.41 Å². The summed E-state index contributed by atoms with van der Waals surface area (Å²) in [6.07, 6.45) is 10.0. The Morgan fingerprint density at radius 1 is 1.18 bits per heavy atom. The molecule has 1 aliphatic heterocycles. The van der Waals surface area contributed by atoms with Crippen LogP contribution in [0.1, 0.15) is 36.0 Å². The molecule has 0 unspecified atom stereocenters. The second kappa shape index (κ2) is 6.47. The third-order valence-corrected chi connectivity index (χ3v) is 6.12. The van der Waals surface area contributed by atoms with Crippen molar-refractivity contribution in [2.45, 2.75) is 25.7 Å². The van der Waals surface area contributed by atoms with Crippen molar-refractivity contribution in [2.75, 3.05) is 19.6 Å². The van der Waals surface area contributed by atoms with Crippen molar-refractivity contribution < 1.29 is 9.59 Å². The summed E-state index contributed by atoms with van der Waals surface area (Å²) in [5.74, 6) is -0.303. The number of carbonyl (C=O) groups excluding carboxylic acids is 2. The number of hydrogen-bond donors (Lipinski definition) is 2. The van der Waals surface area contributed by atoms with Crippen molar-refractivity contribution in [1.29, 1.82) is 0 Å². The Hall–Kier alpha value is -3.16. The molecule has 2 aliphatic rings. The molecule has 0 atom stereocenters. The molecule has 8 heteroatoms. The number of benzene rings is 1. The summed E-state index contributed by atoms with van der Waals surface area (Å²) < 4.78 is 1.73. The van der Waals surface area contributed by atoms with E-state index < -0.39 is 0 Å². The predicted molar refractivity (Wildman–Crippen MR) is 103 cm³/mol. The zero-order chi connectivity index (χ0) is 19.1. The molecule has 1 spiro atoms. The SMILES string of the molecule is O=C(NCC(=O)N1CCC2(CC1)CC2)c1ccc(-n2cccn2)c2cn[nH]c12. The van der Waals surface area contributed by atoms with Crippen molar-refractivity contribution in [3.63, 3.8) is 0 Å². The third kappa shape index (κ3) is 2.94. The number of nitrogens with one attached hydrogen (secondary N) is 2. The average molecular weight is 378 g/mol. The molecule has 2 N–H and O–H groups in total. The molecular formula is C20H22N6O2. The number of nitrogens with zero attached hydrogens (tertiary/aromatic N) is 4. The van der Waals surface area contributed by atoms with Crippen LogP contribution in [0.25, 0.3) is 16.6 Å². The number of H-pyrrole nitrogens is 1. The van der Waals surface area contributed by atoms with E-state index in [1.807, 2.05) is 23.2 Å². The molecule has 8 nitrogen and oxygen atoms in total. The number of carbonyl (C=O) groups is 2. The molecule has 28 heavy (non-hydrogen) atoms. The van der Waals surface area contributed by atoms with Gasteiger partial charge in [-0.05, 0) is 49.3 Å². The van der Waals surface area contributed by atoms with Gasteiger partial charge in [-0.3, -0.25) is 14.7 Å². The summed E-state index contributed by atoms with van der Waals surface area (Å²) in [6.45, 7) is 1.62. The summed E-state index contributed by atoms with van der Waals surface area (Å²) in [5.41, 5.74) is 2.46. The lowest BCUT2D eigenvalue weighted by Gasteiger charge is -2.32. The molecule has 3 heterocycles. The number of rotatable bonds is 4. The van der Waals surface area contributed by atoms with Gasteiger partial charge in [-0.1, -0.05) is 0 Å². The highest BCUT2D eigenvalue weighted by Gasteiger charge is 2.45. The first-order valence-electron chi connectivity index (χ1n) is 9.67. The van der Waals surface area contributed by atoms with E-state index in [1.54, 1.807) is 23.1 Å². The first-order chi connectivity index (χ1) is 13.7. The van der Waals surface area contributed by atoms with Crippen LogP contribution in [0.3, 0.4) is 0 Å². The van der Waals surface area contributed by atoms with E-state index in [9.17, 15) is 9.59 Å². The lowest BCUT2D eigenvalue weighted by Crippen LogP contribution is -2.44. The largest absolute Gasteiger partial charge is 0.343 e. The van der Waals surface area contributed by atoms with Crippen LogP contribution >= 0.6 is 0 Å². The molecule has 5 rings (SSSR count). The van der Waals surface area contributed by atoms with Gasteiger partial charge in [-0.25, -0.2) is 4.68 Å². The van der Waals surface area contributed by atoms with E-state index in [1.165, 1.54) is 12.8 Å². The second-order valence-corrected chi connectivity index (χ2v) is 7.81. The molecular weight excluding hydrogens is 356 g/mol. The summed E-state index contributed by atoms with van der Waals surface area (Å²) in [4.78, 5) is 27.0. The number of amides is 2. The van der Waals surface area contributed by atoms with Crippen LogP contribution in [0.2, 0.25) is 0 Å². The Morgan fingerprint density at radius 2 is 2.00 bits per heavy atom. The zero-order valence-corrected chi connectivity index (χ0v) is 15.5. The minimum Gasteiger partial charge on any atom is -0.343 e. The van der Waals surface area contributed by atoms with E-state index in [0.717, 1.165) is 37.0 Å². The van der Waals surface area contributed by atoms with E-state index in [-0.39, 0.29) is 18.4 Å².